The number of hydrogen-bond acceptors (Lipinski definition) is 6. The van der Waals surface area contributed by atoms with Crippen LogP contribution < -0.4 is 0 Å². The third kappa shape index (κ3) is 2.43. The van der Waals surface area contributed by atoms with E-state index in [1.807, 2.05) is 0 Å². The van der Waals surface area contributed by atoms with Crippen LogP contribution in [0.1, 0.15) is 44.9 Å². The molecule has 9 atom stereocenters. The Kier molecular flexibility index (Phi) is 4.35. The number of Topliss-reactive ketones (excluding diaryl/α,β-unsaturated/α-hetero) is 2. The SMILES string of the molecule is C=C1C(=O)C2=C3[C@H](CC[C@H]4C(=C)C(=O)O[C@@H]4[C@H]13)CC[C@]21C(=O)C[C@H]2C(=C)CC[C@H]3C(=C)C(=O)O[C@@H]3[C@H]21. The van der Waals surface area contributed by atoms with Gasteiger partial charge in [0.15, 0.2) is 5.78 Å². The zero-order valence-corrected chi connectivity index (χ0v) is 20.3. The minimum absolute atomic E-state index is 0.0456. The van der Waals surface area contributed by atoms with Crippen molar-refractivity contribution in [3.63, 3.8) is 0 Å². The molecule has 1 spiro atoms. The number of esters is 2. The first kappa shape index (κ1) is 22.2. The van der Waals surface area contributed by atoms with Crippen LogP contribution in [0.2, 0.25) is 0 Å². The van der Waals surface area contributed by atoms with Crippen molar-refractivity contribution in [1.82, 2.24) is 0 Å². The molecule has 2 aliphatic heterocycles. The van der Waals surface area contributed by atoms with Crippen molar-refractivity contribution in [3.8, 4) is 0 Å². The number of allylic oxidation sites excluding steroid dienone is 2. The lowest BCUT2D eigenvalue weighted by Gasteiger charge is -2.44. The highest BCUT2D eigenvalue weighted by Crippen LogP contribution is 2.67. The van der Waals surface area contributed by atoms with E-state index in [1.165, 1.54) is 0 Å². The van der Waals surface area contributed by atoms with E-state index < -0.39 is 35.5 Å². The Morgan fingerprint density at radius 3 is 2.14 bits per heavy atom. The van der Waals surface area contributed by atoms with Crippen molar-refractivity contribution >= 4 is 23.5 Å². The predicted octanol–water partition coefficient (Wildman–Crippen LogP) is 3.98. The number of carbonyl (C=O) groups excluding carboxylic acids is 4. The van der Waals surface area contributed by atoms with Crippen molar-refractivity contribution < 1.29 is 28.7 Å². The number of rotatable bonds is 0. The van der Waals surface area contributed by atoms with E-state index in [1.54, 1.807) is 0 Å². The van der Waals surface area contributed by atoms with Gasteiger partial charge in [-0.1, -0.05) is 31.9 Å². The van der Waals surface area contributed by atoms with Gasteiger partial charge in [0.25, 0.3) is 0 Å². The monoisotopic (exact) mass is 486 g/mol. The molecule has 0 radical (unpaired) electrons. The van der Waals surface area contributed by atoms with Gasteiger partial charge >= 0.3 is 11.9 Å². The molecule has 5 aliphatic carbocycles. The van der Waals surface area contributed by atoms with Gasteiger partial charge in [0.2, 0.25) is 0 Å². The maximum Gasteiger partial charge on any atom is 0.334 e. The normalized spacial score (nSPS) is 45.3. The molecule has 2 saturated heterocycles. The van der Waals surface area contributed by atoms with Gasteiger partial charge in [-0.15, -0.1) is 0 Å². The molecule has 36 heavy (non-hydrogen) atoms. The van der Waals surface area contributed by atoms with Crippen LogP contribution in [0.25, 0.3) is 0 Å². The van der Waals surface area contributed by atoms with Crippen molar-refractivity contribution in [2.45, 2.75) is 57.2 Å². The highest BCUT2D eigenvalue weighted by atomic mass is 16.6. The van der Waals surface area contributed by atoms with Crippen LogP contribution in [0.5, 0.6) is 0 Å². The lowest BCUT2D eigenvalue weighted by atomic mass is 9.57. The molecular formula is C30H30O6. The fraction of sp³-hybridized carbons (Fsp3) is 0.533. The van der Waals surface area contributed by atoms with E-state index in [4.69, 9.17) is 9.47 Å². The molecule has 7 rings (SSSR count). The third-order valence-electron chi connectivity index (χ3n) is 10.7. The van der Waals surface area contributed by atoms with Crippen LogP contribution in [-0.2, 0) is 28.7 Å². The fourth-order valence-corrected chi connectivity index (χ4v) is 9.08. The molecule has 6 nitrogen and oxygen atoms in total. The summed E-state index contributed by atoms with van der Waals surface area (Å²) < 4.78 is 11.8. The lowest BCUT2D eigenvalue weighted by molar-refractivity contribution is -0.146. The van der Waals surface area contributed by atoms with Crippen LogP contribution >= 0.6 is 0 Å². The van der Waals surface area contributed by atoms with Crippen LogP contribution in [-0.4, -0.2) is 35.7 Å². The van der Waals surface area contributed by atoms with Gasteiger partial charge in [-0.05, 0) is 55.9 Å². The zero-order valence-electron chi connectivity index (χ0n) is 20.3. The Bertz CT molecular complexity index is 1280. The lowest BCUT2D eigenvalue weighted by Crippen LogP contribution is -2.47. The molecule has 3 saturated carbocycles. The number of carbonyl (C=O) groups is 4. The molecule has 0 amide bonds. The summed E-state index contributed by atoms with van der Waals surface area (Å²) in [6, 6.07) is 0. The molecule has 0 N–H and O–H groups in total. The average molecular weight is 487 g/mol. The Morgan fingerprint density at radius 1 is 0.750 bits per heavy atom. The van der Waals surface area contributed by atoms with Gasteiger partial charge < -0.3 is 9.47 Å². The summed E-state index contributed by atoms with van der Waals surface area (Å²) >= 11 is 0. The summed E-state index contributed by atoms with van der Waals surface area (Å²) in [5.74, 6) is -2.02. The van der Waals surface area contributed by atoms with Gasteiger partial charge in [-0.25, -0.2) is 9.59 Å². The topological polar surface area (TPSA) is 86.7 Å². The summed E-state index contributed by atoms with van der Waals surface area (Å²) in [5.41, 5.74) is 2.84. The molecule has 6 heteroatoms. The summed E-state index contributed by atoms with van der Waals surface area (Å²) in [5, 5.41) is 0. The van der Waals surface area contributed by atoms with Gasteiger partial charge in [-0.3, -0.25) is 9.59 Å². The summed E-state index contributed by atoms with van der Waals surface area (Å²) in [6.45, 7) is 16.5. The molecule has 0 unspecified atom stereocenters. The summed E-state index contributed by atoms with van der Waals surface area (Å²) in [4.78, 5) is 53.3. The van der Waals surface area contributed by atoms with Crippen molar-refractivity contribution in [3.05, 3.63) is 59.8 Å². The number of ether oxygens (including phenoxy) is 2. The van der Waals surface area contributed by atoms with Gasteiger partial charge in [0.05, 0.1) is 5.41 Å². The first-order chi connectivity index (χ1) is 17.2. The van der Waals surface area contributed by atoms with Crippen molar-refractivity contribution in [1.29, 1.82) is 0 Å². The predicted molar refractivity (Wildman–Crippen MR) is 129 cm³/mol. The van der Waals surface area contributed by atoms with Gasteiger partial charge in [0, 0.05) is 52.4 Å². The molecule has 0 bridgehead atoms. The maximum atomic E-state index is 14.1. The highest BCUT2D eigenvalue weighted by molar-refractivity contribution is 6.17. The van der Waals surface area contributed by atoms with E-state index in [2.05, 4.69) is 26.3 Å². The molecular weight excluding hydrogens is 456 g/mol. The fourth-order valence-electron chi connectivity index (χ4n) is 9.08. The van der Waals surface area contributed by atoms with E-state index in [0.29, 0.717) is 48.0 Å². The second-order valence-corrected chi connectivity index (χ2v) is 11.9. The summed E-state index contributed by atoms with van der Waals surface area (Å²) in [6.07, 6.45) is 3.64. The number of fused-ring (bicyclic) bond motifs is 7. The molecule has 7 aliphatic rings. The number of ketones is 2. The second kappa shape index (κ2) is 7.05. The Balaban J connectivity index is 1.44. The molecule has 0 aromatic heterocycles. The van der Waals surface area contributed by atoms with E-state index in [-0.39, 0.29) is 41.2 Å². The second-order valence-electron chi connectivity index (χ2n) is 11.9. The maximum absolute atomic E-state index is 14.1. The Labute approximate surface area is 210 Å². The summed E-state index contributed by atoms with van der Waals surface area (Å²) in [7, 11) is 0. The molecule has 2 heterocycles. The third-order valence-corrected chi connectivity index (χ3v) is 10.7. The van der Waals surface area contributed by atoms with Crippen LogP contribution in [0, 0.1) is 40.9 Å². The molecule has 5 fully saturated rings. The van der Waals surface area contributed by atoms with Crippen LogP contribution in [0.4, 0.5) is 0 Å². The highest BCUT2D eigenvalue weighted by Gasteiger charge is 2.69. The molecule has 0 aromatic carbocycles. The average Bonchev–Trinajstić information content (AvgIpc) is 3.41. The van der Waals surface area contributed by atoms with E-state index >= 15 is 0 Å². The quantitative estimate of drug-likeness (QED) is 0.293. The Morgan fingerprint density at radius 2 is 1.42 bits per heavy atom. The first-order valence-corrected chi connectivity index (χ1v) is 13.1. The largest absolute Gasteiger partial charge is 0.458 e. The number of hydrogen-bond donors (Lipinski definition) is 0. The van der Waals surface area contributed by atoms with E-state index in [0.717, 1.165) is 30.4 Å². The standard InChI is InChI=1S/C30H30O6/c1-12-5-7-18-14(3)29(34)36-27(18)23-19(12)11-20(31)30(23)10-9-16-6-8-17-13(2)28(33)35-26(17)21-15(4)25(32)24(30)22(16)21/h16-19,21,23,26-27H,1-11H2/t16-,17+,18+,19+,21-,23+,26+,27+,30-/m1/s1. The van der Waals surface area contributed by atoms with Gasteiger partial charge in [0.1, 0.15) is 18.0 Å². The smallest absolute Gasteiger partial charge is 0.334 e. The van der Waals surface area contributed by atoms with Crippen molar-refractivity contribution in [2.75, 3.05) is 0 Å². The minimum Gasteiger partial charge on any atom is -0.458 e. The molecule has 0 aromatic rings. The van der Waals surface area contributed by atoms with E-state index in [9.17, 15) is 19.2 Å². The van der Waals surface area contributed by atoms with Crippen molar-refractivity contribution in [2.24, 2.45) is 40.9 Å². The van der Waals surface area contributed by atoms with Gasteiger partial charge in [-0.2, -0.15) is 0 Å². The van der Waals surface area contributed by atoms with Crippen LogP contribution in [0.3, 0.4) is 0 Å². The minimum atomic E-state index is -1.04. The molecule has 186 valence electrons. The Hall–Kier alpha value is -3.02. The van der Waals surface area contributed by atoms with Crippen LogP contribution in [0.15, 0.2) is 59.8 Å². The first-order valence-electron chi connectivity index (χ1n) is 13.1. The zero-order chi connectivity index (χ0) is 25.3.